The van der Waals surface area contributed by atoms with Crippen molar-refractivity contribution in [1.82, 2.24) is 5.32 Å². The number of fused-ring (bicyclic) bond motifs is 1. The van der Waals surface area contributed by atoms with Gasteiger partial charge < -0.3 is 5.32 Å². The van der Waals surface area contributed by atoms with Gasteiger partial charge in [-0.05, 0) is 61.8 Å². The van der Waals surface area contributed by atoms with Crippen LogP contribution in [-0.2, 0) is 6.42 Å². The third-order valence-corrected chi connectivity index (χ3v) is 5.50. The summed E-state index contributed by atoms with van der Waals surface area (Å²) in [5.41, 5.74) is 3.06. The van der Waals surface area contributed by atoms with E-state index in [1.165, 1.54) is 60.5 Å². The van der Waals surface area contributed by atoms with Crippen LogP contribution >= 0.6 is 15.9 Å². The fourth-order valence-electron chi connectivity index (χ4n) is 3.85. The van der Waals surface area contributed by atoms with Gasteiger partial charge >= 0.3 is 0 Å². The van der Waals surface area contributed by atoms with E-state index < -0.39 is 0 Å². The standard InChI is InChI=1S/C17H24BrN/c1-12(13-5-3-2-4-6-13)19-17-10-7-14-11-15(18)8-9-16(14)17/h8-9,11-13,17,19H,2-7,10H2,1H3/t12-,17?/m0/s1. The van der Waals surface area contributed by atoms with Crippen molar-refractivity contribution >= 4 is 15.9 Å². The summed E-state index contributed by atoms with van der Waals surface area (Å²) in [4.78, 5) is 0. The maximum Gasteiger partial charge on any atom is 0.0328 e. The Morgan fingerprint density at radius 2 is 1.95 bits per heavy atom. The molecule has 3 rings (SSSR count). The van der Waals surface area contributed by atoms with Gasteiger partial charge in [0.25, 0.3) is 0 Å². The first-order chi connectivity index (χ1) is 9.24. The second kappa shape index (κ2) is 5.97. The molecule has 1 nitrogen and oxygen atoms in total. The number of nitrogens with one attached hydrogen (secondary N) is 1. The molecule has 1 saturated carbocycles. The molecule has 0 spiro atoms. The number of halogens is 1. The quantitative estimate of drug-likeness (QED) is 0.826. The summed E-state index contributed by atoms with van der Waals surface area (Å²) in [7, 11) is 0. The SMILES string of the molecule is C[C@H](NC1CCc2cc(Br)ccc21)C1CCCCC1. The largest absolute Gasteiger partial charge is 0.307 e. The normalized spacial score (nSPS) is 25.3. The molecule has 0 saturated heterocycles. The van der Waals surface area contributed by atoms with E-state index in [9.17, 15) is 0 Å². The van der Waals surface area contributed by atoms with Crippen molar-refractivity contribution in [3.8, 4) is 0 Å². The number of benzene rings is 1. The van der Waals surface area contributed by atoms with Crippen LogP contribution in [-0.4, -0.2) is 6.04 Å². The smallest absolute Gasteiger partial charge is 0.0328 e. The Hall–Kier alpha value is -0.340. The number of hydrogen-bond donors (Lipinski definition) is 1. The maximum atomic E-state index is 3.91. The van der Waals surface area contributed by atoms with E-state index in [4.69, 9.17) is 0 Å². The molecule has 0 amide bonds. The molecule has 1 N–H and O–H groups in total. The van der Waals surface area contributed by atoms with E-state index in [1.54, 1.807) is 0 Å². The Labute approximate surface area is 125 Å². The zero-order valence-corrected chi connectivity index (χ0v) is 13.4. The van der Waals surface area contributed by atoms with Gasteiger partial charge in [0.05, 0.1) is 0 Å². The first kappa shape index (κ1) is 13.6. The van der Waals surface area contributed by atoms with E-state index in [1.807, 2.05) is 0 Å². The fraction of sp³-hybridized carbons (Fsp3) is 0.647. The average Bonchev–Trinajstić information content (AvgIpc) is 2.82. The van der Waals surface area contributed by atoms with Crippen molar-refractivity contribution < 1.29 is 0 Å². The summed E-state index contributed by atoms with van der Waals surface area (Å²) < 4.78 is 1.22. The van der Waals surface area contributed by atoms with Crippen molar-refractivity contribution in [3.05, 3.63) is 33.8 Å². The summed E-state index contributed by atoms with van der Waals surface area (Å²) in [6.45, 7) is 2.40. The molecule has 0 bridgehead atoms. The molecule has 0 aliphatic heterocycles. The first-order valence-corrected chi connectivity index (χ1v) is 8.58. The summed E-state index contributed by atoms with van der Waals surface area (Å²) in [6.07, 6.45) is 9.66. The van der Waals surface area contributed by atoms with Gasteiger partial charge in [-0.15, -0.1) is 0 Å². The Morgan fingerprint density at radius 3 is 2.74 bits per heavy atom. The molecule has 2 aliphatic carbocycles. The van der Waals surface area contributed by atoms with Crippen LogP contribution in [0.25, 0.3) is 0 Å². The van der Waals surface area contributed by atoms with Gasteiger partial charge in [-0.3, -0.25) is 0 Å². The van der Waals surface area contributed by atoms with E-state index >= 15 is 0 Å². The molecule has 0 heterocycles. The average molecular weight is 322 g/mol. The zero-order valence-electron chi connectivity index (χ0n) is 11.8. The lowest BCUT2D eigenvalue weighted by atomic mass is 9.84. The highest BCUT2D eigenvalue weighted by molar-refractivity contribution is 9.10. The summed E-state index contributed by atoms with van der Waals surface area (Å²) in [5.74, 6) is 0.897. The minimum Gasteiger partial charge on any atom is -0.307 e. The van der Waals surface area contributed by atoms with Crippen molar-refractivity contribution in [2.24, 2.45) is 5.92 Å². The van der Waals surface area contributed by atoms with Gasteiger partial charge in [0.1, 0.15) is 0 Å². The van der Waals surface area contributed by atoms with Gasteiger partial charge in [-0.1, -0.05) is 41.3 Å². The van der Waals surface area contributed by atoms with E-state index in [-0.39, 0.29) is 0 Å². The second-order valence-electron chi connectivity index (χ2n) is 6.29. The lowest BCUT2D eigenvalue weighted by molar-refractivity contribution is 0.264. The molecule has 0 radical (unpaired) electrons. The number of aryl methyl sites for hydroxylation is 1. The van der Waals surface area contributed by atoms with E-state index in [0.717, 1.165) is 5.92 Å². The third-order valence-electron chi connectivity index (χ3n) is 5.00. The lowest BCUT2D eigenvalue weighted by Gasteiger charge is -2.31. The van der Waals surface area contributed by atoms with Crippen LogP contribution in [0.15, 0.2) is 22.7 Å². The zero-order chi connectivity index (χ0) is 13.2. The van der Waals surface area contributed by atoms with Gasteiger partial charge in [-0.2, -0.15) is 0 Å². The molecule has 2 atom stereocenters. The van der Waals surface area contributed by atoms with E-state index in [2.05, 4.69) is 46.4 Å². The molecule has 1 aromatic rings. The Kier molecular flexibility index (Phi) is 4.28. The lowest BCUT2D eigenvalue weighted by Crippen LogP contribution is -2.36. The summed E-state index contributed by atoms with van der Waals surface area (Å²) >= 11 is 3.58. The monoisotopic (exact) mass is 321 g/mol. The number of hydrogen-bond acceptors (Lipinski definition) is 1. The van der Waals surface area contributed by atoms with Crippen LogP contribution in [0.5, 0.6) is 0 Å². The molecule has 1 fully saturated rings. The molecule has 104 valence electrons. The molecular weight excluding hydrogens is 298 g/mol. The minimum absolute atomic E-state index is 0.583. The molecule has 1 aromatic carbocycles. The van der Waals surface area contributed by atoms with Crippen LogP contribution in [0, 0.1) is 5.92 Å². The highest BCUT2D eigenvalue weighted by atomic mass is 79.9. The highest BCUT2D eigenvalue weighted by Crippen LogP contribution is 2.35. The van der Waals surface area contributed by atoms with Crippen molar-refractivity contribution in [2.45, 2.75) is 64.0 Å². The molecule has 1 unspecified atom stereocenters. The number of rotatable bonds is 3. The van der Waals surface area contributed by atoms with E-state index in [0.29, 0.717) is 12.1 Å². The van der Waals surface area contributed by atoms with Crippen LogP contribution in [0.3, 0.4) is 0 Å². The van der Waals surface area contributed by atoms with Gasteiger partial charge in [0.2, 0.25) is 0 Å². The predicted molar refractivity (Wildman–Crippen MR) is 84.4 cm³/mol. The van der Waals surface area contributed by atoms with Crippen LogP contribution in [0.4, 0.5) is 0 Å². The third kappa shape index (κ3) is 3.05. The molecule has 2 heteroatoms. The van der Waals surface area contributed by atoms with Crippen LogP contribution < -0.4 is 5.32 Å². The topological polar surface area (TPSA) is 12.0 Å². The highest BCUT2D eigenvalue weighted by Gasteiger charge is 2.27. The summed E-state index contributed by atoms with van der Waals surface area (Å²) in [6, 6.07) is 8.03. The molecule has 2 aliphatic rings. The van der Waals surface area contributed by atoms with Crippen molar-refractivity contribution in [2.75, 3.05) is 0 Å². The summed E-state index contributed by atoms with van der Waals surface area (Å²) in [5, 5.41) is 3.91. The van der Waals surface area contributed by atoms with Crippen molar-refractivity contribution in [1.29, 1.82) is 0 Å². The Balaban J connectivity index is 1.65. The molecule has 0 aromatic heterocycles. The van der Waals surface area contributed by atoms with Gasteiger partial charge in [0, 0.05) is 16.6 Å². The molecular formula is C17H24BrN. The Morgan fingerprint density at radius 1 is 1.16 bits per heavy atom. The van der Waals surface area contributed by atoms with Crippen LogP contribution in [0.1, 0.15) is 62.6 Å². The molecule has 19 heavy (non-hydrogen) atoms. The van der Waals surface area contributed by atoms with Gasteiger partial charge in [0.15, 0.2) is 0 Å². The first-order valence-electron chi connectivity index (χ1n) is 7.78. The van der Waals surface area contributed by atoms with Crippen molar-refractivity contribution in [3.63, 3.8) is 0 Å². The maximum absolute atomic E-state index is 3.91. The second-order valence-corrected chi connectivity index (χ2v) is 7.20. The fourth-order valence-corrected chi connectivity index (χ4v) is 4.26. The Bertz CT molecular complexity index is 437. The van der Waals surface area contributed by atoms with Crippen LogP contribution in [0.2, 0.25) is 0 Å². The van der Waals surface area contributed by atoms with Gasteiger partial charge in [-0.25, -0.2) is 0 Å². The predicted octanol–water partition coefficient (Wildman–Crippen LogP) is 4.99. The minimum atomic E-state index is 0.583.